The second kappa shape index (κ2) is 9.26. The van der Waals surface area contributed by atoms with E-state index in [1.807, 2.05) is 23.1 Å². The zero-order valence-corrected chi connectivity index (χ0v) is 18.1. The van der Waals surface area contributed by atoms with Crippen molar-refractivity contribution in [1.82, 2.24) is 10.1 Å². The number of rotatable bonds is 6. The molecule has 162 valence electrons. The van der Waals surface area contributed by atoms with Crippen molar-refractivity contribution >= 4 is 29.2 Å². The van der Waals surface area contributed by atoms with E-state index in [1.54, 1.807) is 38.5 Å². The molecule has 1 amide bonds. The maximum absolute atomic E-state index is 12.6. The van der Waals surface area contributed by atoms with Crippen molar-refractivity contribution < 1.29 is 18.8 Å². The molecule has 1 N–H and O–H groups in total. The number of nitrogens with one attached hydrogen (secondary N) is 1. The number of carbonyl (C=O) groups is 1. The first kappa shape index (κ1) is 21.0. The van der Waals surface area contributed by atoms with Crippen LogP contribution in [0.1, 0.15) is 12.8 Å². The fourth-order valence-electron chi connectivity index (χ4n) is 3.58. The predicted molar refractivity (Wildman–Crippen MR) is 118 cm³/mol. The van der Waals surface area contributed by atoms with Gasteiger partial charge in [-0.15, -0.1) is 0 Å². The number of halogens is 1. The number of methoxy groups -OCH3 is 2. The number of amides is 1. The van der Waals surface area contributed by atoms with Crippen molar-refractivity contribution in [2.45, 2.75) is 12.8 Å². The van der Waals surface area contributed by atoms with Gasteiger partial charge in [-0.2, -0.15) is 4.98 Å². The van der Waals surface area contributed by atoms with E-state index in [4.69, 9.17) is 25.6 Å². The third kappa shape index (κ3) is 4.74. The summed E-state index contributed by atoms with van der Waals surface area (Å²) in [5.41, 5.74) is 1.47. The normalized spacial score (nSPS) is 14.4. The number of piperidine rings is 1. The smallest absolute Gasteiger partial charge is 0.324 e. The Balaban J connectivity index is 1.37. The van der Waals surface area contributed by atoms with Gasteiger partial charge in [-0.3, -0.25) is 4.79 Å². The van der Waals surface area contributed by atoms with Gasteiger partial charge in [0.05, 0.1) is 14.2 Å². The monoisotopic (exact) mass is 442 g/mol. The Morgan fingerprint density at radius 3 is 2.61 bits per heavy atom. The molecule has 0 bridgehead atoms. The summed E-state index contributed by atoms with van der Waals surface area (Å²) in [7, 11) is 3.17. The summed E-state index contributed by atoms with van der Waals surface area (Å²) in [5.74, 6) is 1.62. The van der Waals surface area contributed by atoms with Crippen LogP contribution < -0.4 is 19.7 Å². The molecule has 0 radical (unpaired) electrons. The van der Waals surface area contributed by atoms with E-state index in [9.17, 15) is 4.79 Å². The lowest BCUT2D eigenvalue weighted by atomic mass is 9.96. The largest absolute Gasteiger partial charge is 0.493 e. The minimum absolute atomic E-state index is 0.00142. The second-order valence-electron chi connectivity index (χ2n) is 7.23. The zero-order chi connectivity index (χ0) is 21.8. The predicted octanol–water partition coefficient (Wildman–Crippen LogP) is 4.26. The van der Waals surface area contributed by atoms with Crippen LogP contribution >= 0.6 is 11.6 Å². The molecule has 9 heteroatoms. The highest BCUT2D eigenvalue weighted by Crippen LogP contribution is 2.32. The van der Waals surface area contributed by atoms with Gasteiger partial charge in [0.25, 0.3) is 0 Å². The van der Waals surface area contributed by atoms with E-state index in [0.29, 0.717) is 60.0 Å². The highest BCUT2D eigenvalue weighted by molar-refractivity contribution is 6.30. The van der Waals surface area contributed by atoms with Gasteiger partial charge in [-0.1, -0.05) is 22.8 Å². The molecule has 1 saturated heterocycles. The molecule has 1 aliphatic rings. The summed E-state index contributed by atoms with van der Waals surface area (Å²) >= 11 is 5.98. The van der Waals surface area contributed by atoms with Crippen LogP contribution in [0.3, 0.4) is 0 Å². The van der Waals surface area contributed by atoms with Gasteiger partial charge in [0.15, 0.2) is 11.5 Å². The Kier molecular flexibility index (Phi) is 6.27. The Bertz CT molecular complexity index is 1060. The lowest BCUT2D eigenvalue weighted by Gasteiger charge is -2.29. The Hall–Kier alpha value is -3.26. The van der Waals surface area contributed by atoms with E-state index in [1.165, 1.54) is 0 Å². The van der Waals surface area contributed by atoms with Crippen LogP contribution in [-0.2, 0) is 4.79 Å². The molecule has 31 heavy (non-hydrogen) atoms. The Morgan fingerprint density at radius 2 is 1.90 bits per heavy atom. The highest BCUT2D eigenvalue weighted by atomic mass is 35.5. The number of benzene rings is 2. The Morgan fingerprint density at radius 1 is 1.13 bits per heavy atom. The summed E-state index contributed by atoms with van der Waals surface area (Å²) in [6.45, 7) is 1.31. The lowest BCUT2D eigenvalue weighted by molar-refractivity contribution is -0.120. The van der Waals surface area contributed by atoms with E-state index in [2.05, 4.69) is 15.5 Å². The molecule has 1 fully saturated rings. The van der Waals surface area contributed by atoms with E-state index in [-0.39, 0.29) is 11.8 Å². The van der Waals surface area contributed by atoms with Crippen LogP contribution in [0, 0.1) is 5.92 Å². The minimum Gasteiger partial charge on any atom is -0.493 e. The van der Waals surface area contributed by atoms with Crippen molar-refractivity contribution in [2.75, 3.05) is 37.5 Å². The maximum Gasteiger partial charge on any atom is 0.324 e. The number of nitrogens with zero attached hydrogens (tertiary/aromatic N) is 3. The SMILES string of the molecule is COc1ccc(-c2noc(N3CCC(C(=O)Nc4cccc(Cl)c4)CC3)n2)cc1OC. The summed E-state index contributed by atoms with van der Waals surface area (Å²) < 4.78 is 16.1. The van der Waals surface area contributed by atoms with Gasteiger partial charge in [-0.05, 0) is 49.2 Å². The van der Waals surface area contributed by atoms with E-state index >= 15 is 0 Å². The summed E-state index contributed by atoms with van der Waals surface area (Å²) in [6.07, 6.45) is 1.39. The molecule has 0 saturated carbocycles. The third-order valence-electron chi connectivity index (χ3n) is 5.29. The van der Waals surface area contributed by atoms with Gasteiger partial charge in [0.1, 0.15) is 0 Å². The van der Waals surface area contributed by atoms with E-state index in [0.717, 1.165) is 5.56 Å². The lowest BCUT2D eigenvalue weighted by Crippen LogP contribution is -2.38. The third-order valence-corrected chi connectivity index (χ3v) is 5.52. The number of anilines is 2. The van der Waals surface area contributed by atoms with Gasteiger partial charge in [0, 0.05) is 35.3 Å². The topological polar surface area (TPSA) is 89.7 Å². The number of hydrogen-bond donors (Lipinski definition) is 1. The number of aromatic nitrogens is 2. The number of hydrogen-bond acceptors (Lipinski definition) is 7. The molecular formula is C22H23ClN4O4. The molecule has 3 aromatic rings. The van der Waals surface area contributed by atoms with E-state index < -0.39 is 0 Å². The number of ether oxygens (including phenoxy) is 2. The fourth-order valence-corrected chi connectivity index (χ4v) is 3.77. The molecule has 8 nitrogen and oxygen atoms in total. The van der Waals surface area contributed by atoms with Crippen LogP contribution in [0.5, 0.6) is 11.5 Å². The van der Waals surface area contributed by atoms with Crippen LogP contribution in [0.25, 0.3) is 11.4 Å². The standard InChI is InChI=1S/C22H23ClN4O4/c1-29-18-7-6-15(12-19(18)30-2)20-25-22(31-26-20)27-10-8-14(9-11-27)21(28)24-17-5-3-4-16(23)13-17/h3-7,12-14H,8-11H2,1-2H3,(H,24,28). The van der Waals surface area contributed by atoms with Crippen molar-refractivity contribution in [1.29, 1.82) is 0 Å². The second-order valence-corrected chi connectivity index (χ2v) is 7.67. The molecule has 0 atom stereocenters. The first-order valence-electron chi connectivity index (χ1n) is 9.95. The number of carbonyl (C=O) groups excluding carboxylic acids is 1. The first-order valence-corrected chi connectivity index (χ1v) is 10.3. The van der Waals surface area contributed by atoms with Crippen LogP contribution in [0.4, 0.5) is 11.7 Å². The minimum atomic E-state index is -0.0801. The molecular weight excluding hydrogens is 420 g/mol. The average Bonchev–Trinajstić information content (AvgIpc) is 3.29. The molecule has 1 aromatic heterocycles. The molecule has 2 heterocycles. The van der Waals surface area contributed by atoms with Crippen molar-refractivity contribution in [3.8, 4) is 22.9 Å². The van der Waals surface area contributed by atoms with Crippen molar-refractivity contribution in [3.05, 3.63) is 47.5 Å². The van der Waals surface area contributed by atoms with Crippen molar-refractivity contribution in [3.63, 3.8) is 0 Å². The van der Waals surface area contributed by atoms with Gasteiger partial charge in [-0.25, -0.2) is 0 Å². The molecule has 1 aliphatic heterocycles. The van der Waals surface area contributed by atoms with Gasteiger partial charge >= 0.3 is 6.01 Å². The maximum atomic E-state index is 12.6. The van der Waals surface area contributed by atoms with Crippen LogP contribution in [0.15, 0.2) is 47.0 Å². The average molecular weight is 443 g/mol. The Labute approximate surface area is 185 Å². The summed E-state index contributed by atoms with van der Waals surface area (Å²) in [4.78, 5) is 19.1. The summed E-state index contributed by atoms with van der Waals surface area (Å²) in [5, 5.41) is 7.62. The first-order chi connectivity index (χ1) is 15.1. The summed E-state index contributed by atoms with van der Waals surface area (Å²) in [6, 6.07) is 13.0. The van der Waals surface area contributed by atoms with Crippen LogP contribution in [0.2, 0.25) is 5.02 Å². The zero-order valence-electron chi connectivity index (χ0n) is 17.3. The molecule has 4 rings (SSSR count). The van der Waals surface area contributed by atoms with Crippen LogP contribution in [-0.4, -0.2) is 43.4 Å². The van der Waals surface area contributed by atoms with Crippen molar-refractivity contribution in [2.24, 2.45) is 5.92 Å². The molecule has 0 unspecified atom stereocenters. The van der Waals surface area contributed by atoms with Gasteiger partial charge < -0.3 is 24.2 Å². The quantitative estimate of drug-likeness (QED) is 0.609. The molecule has 0 spiro atoms. The molecule has 2 aromatic carbocycles. The fraction of sp³-hybridized carbons (Fsp3) is 0.318. The molecule has 0 aliphatic carbocycles. The van der Waals surface area contributed by atoms with Gasteiger partial charge in [0.2, 0.25) is 11.7 Å². The highest BCUT2D eigenvalue weighted by Gasteiger charge is 2.28.